The number of rotatable bonds is 11. The zero-order valence-electron chi connectivity index (χ0n) is 24.4. The van der Waals surface area contributed by atoms with Crippen molar-refractivity contribution in [2.75, 3.05) is 11.9 Å². The second-order valence-electron chi connectivity index (χ2n) is 11.3. The Balaban J connectivity index is 1.14. The number of aryl methyl sites for hydroxylation is 1. The summed E-state index contributed by atoms with van der Waals surface area (Å²) in [6, 6.07) is 5.21. The fourth-order valence-corrected chi connectivity index (χ4v) is 5.89. The number of aromatic nitrogens is 5. The summed E-state index contributed by atoms with van der Waals surface area (Å²) in [7, 11) is 0. The van der Waals surface area contributed by atoms with E-state index in [9.17, 15) is 27.2 Å². The minimum atomic E-state index is -2.97. The third-order valence-electron chi connectivity index (χ3n) is 8.22. The van der Waals surface area contributed by atoms with Gasteiger partial charge in [-0.1, -0.05) is 6.92 Å². The van der Waals surface area contributed by atoms with Crippen molar-refractivity contribution < 1.29 is 27.2 Å². The SMILES string of the molecule is CCc1cc(Nc2nccn3c(-c4cn(CC(F)F)nc4C(F)F)cnc23)ccc1C(=O)NC1CC(NC(=O)[C@@H]2CCCN2)C1. The fourth-order valence-electron chi connectivity index (χ4n) is 5.89. The summed E-state index contributed by atoms with van der Waals surface area (Å²) >= 11 is 0. The molecule has 1 saturated heterocycles. The van der Waals surface area contributed by atoms with E-state index in [1.807, 2.05) is 13.0 Å². The van der Waals surface area contributed by atoms with Crippen molar-refractivity contribution in [1.29, 1.82) is 0 Å². The zero-order chi connectivity index (χ0) is 31.7. The summed E-state index contributed by atoms with van der Waals surface area (Å²) in [5, 5.41) is 16.2. The summed E-state index contributed by atoms with van der Waals surface area (Å²) < 4.78 is 55.6. The number of nitrogens with zero attached hydrogens (tertiary/aromatic N) is 5. The zero-order valence-corrected chi connectivity index (χ0v) is 24.4. The van der Waals surface area contributed by atoms with E-state index in [0.29, 0.717) is 42.0 Å². The van der Waals surface area contributed by atoms with E-state index >= 15 is 0 Å². The minimum Gasteiger partial charge on any atom is -0.352 e. The van der Waals surface area contributed by atoms with E-state index in [2.05, 4.69) is 36.3 Å². The van der Waals surface area contributed by atoms with Gasteiger partial charge in [-0.2, -0.15) is 5.10 Å². The van der Waals surface area contributed by atoms with Crippen LogP contribution in [0.5, 0.6) is 0 Å². The number of anilines is 2. The molecule has 15 heteroatoms. The van der Waals surface area contributed by atoms with E-state index < -0.39 is 25.1 Å². The monoisotopic (exact) mass is 627 g/mol. The quantitative estimate of drug-likeness (QED) is 0.183. The number of halogens is 4. The molecule has 1 aliphatic carbocycles. The first-order chi connectivity index (χ1) is 21.7. The molecule has 1 aromatic carbocycles. The Morgan fingerprint density at radius 2 is 1.91 bits per heavy atom. The average Bonchev–Trinajstić information content (AvgIpc) is 3.76. The number of hydrogen-bond donors (Lipinski definition) is 4. The van der Waals surface area contributed by atoms with Crippen LogP contribution in [0.1, 0.15) is 60.6 Å². The summed E-state index contributed by atoms with van der Waals surface area (Å²) in [5.74, 6) is 0.164. The lowest BCUT2D eigenvalue weighted by molar-refractivity contribution is -0.124. The smallest absolute Gasteiger partial charge is 0.282 e. The van der Waals surface area contributed by atoms with Gasteiger partial charge >= 0.3 is 0 Å². The summed E-state index contributed by atoms with van der Waals surface area (Å²) in [4.78, 5) is 34.2. The highest BCUT2D eigenvalue weighted by molar-refractivity contribution is 5.96. The molecule has 4 N–H and O–H groups in total. The lowest BCUT2D eigenvalue weighted by Gasteiger charge is -2.37. The third kappa shape index (κ3) is 6.48. The summed E-state index contributed by atoms with van der Waals surface area (Å²) in [6.45, 7) is 1.99. The average molecular weight is 628 g/mol. The van der Waals surface area contributed by atoms with Crippen LogP contribution in [0.4, 0.5) is 29.1 Å². The fraction of sp³-hybridized carbons (Fsp3) is 0.433. The number of hydrogen-bond acceptors (Lipinski definition) is 7. The minimum absolute atomic E-state index is 0.00933. The standard InChI is InChI=1S/C30H33F4N9O2/c1-2-16-10-17(5-6-20(16)29(44)39-18-11-19(12-18)40-30(45)22-4-3-7-35-22)38-27-28-37-13-23(43(28)9-8-36-27)21-14-42(15-24(31)32)41-25(21)26(33)34/h5-6,8-10,13-14,18-19,22,24,26,35H,2-4,7,11-12,15H2,1H3,(H,36,38)(H,39,44)(H,40,45)/t18?,19?,22-/m0/s1. The number of alkyl halides is 4. The van der Waals surface area contributed by atoms with Crippen molar-refractivity contribution in [3.8, 4) is 11.3 Å². The van der Waals surface area contributed by atoms with E-state index in [-0.39, 0.29) is 41.2 Å². The van der Waals surface area contributed by atoms with Gasteiger partial charge in [0.1, 0.15) is 12.2 Å². The van der Waals surface area contributed by atoms with Gasteiger partial charge in [-0.25, -0.2) is 27.5 Å². The highest BCUT2D eigenvalue weighted by Gasteiger charge is 2.34. The van der Waals surface area contributed by atoms with E-state index in [0.717, 1.165) is 35.8 Å². The Labute approximate surface area is 255 Å². The highest BCUT2D eigenvalue weighted by atomic mass is 19.3. The van der Waals surface area contributed by atoms with Gasteiger partial charge in [0.15, 0.2) is 11.5 Å². The van der Waals surface area contributed by atoms with Gasteiger partial charge in [0.2, 0.25) is 5.91 Å². The molecule has 1 atom stereocenters. The summed E-state index contributed by atoms with van der Waals surface area (Å²) in [6.07, 6.45) is 3.59. The molecule has 1 aliphatic heterocycles. The van der Waals surface area contributed by atoms with Crippen molar-refractivity contribution in [3.05, 3.63) is 59.8 Å². The first-order valence-corrected chi connectivity index (χ1v) is 14.9. The number of fused-ring (bicyclic) bond motifs is 1. The predicted octanol–water partition coefficient (Wildman–Crippen LogP) is 4.23. The lowest BCUT2D eigenvalue weighted by Crippen LogP contribution is -2.56. The molecule has 45 heavy (non-hydrogen) atoms. The van der Waals surface area contributed by atoms with Gasteiger partial charge in [-0.05, 0) is 62.4 Å². The Hall–Kier alpha value is -4.53. The van der Waals surface area contributed by atoms with Crippen molar-refractivity contribution in [2.24, 2.45) is 0 Å². The van der Waals surface area contributed by atoms with Crippen LogP contribution in [0.3, 0.4) is 0 Å². The highest BCUT2D eigenvalue weighted by Crippen LogP contribution is 2.32. The Kier molecular flexibility index (Phi) is 8.70. The number of carbonyl (C=O) groups excluding carboxylic acids is 2. The van der Waals surface area contributed by atoms with E-state index in [1.165, 1.54) is 23.0 Å². The third-order valence-corrected chi connectivity index (χ3v) is 8.22. The molecule has 238 valence electrons. The Morgan fingerprint density at radius 3 is 2.62 bits per heavy atom. The van der Waals surface area contributed by atoms with Crippen LogP contribution in [-0.4, -0.2) is 67.1 Å². The van der Waals surface area contributed by atoms with Crippen LogP contribution in [0.2, 0.25) is 0 Å². The van der Waals surface area contributed by atoms with Crippen molar-refractivity contribution in [3.63, 3.8) is 0 Å². The van der Waals surface area contributed by atoms with Gasteiger partial charge < -0.3 is 21.3 Å². The molecule has 4 heterocycles. The molecule has 0 bridgehead atoms. The van der Waals surface area contributed by atoms with Gasteiger partial charge in [0.25, 0.3) is 18.8 Å². The van der Waals surface area contributed by atoms with Crippen LogP contribution < -0.4 is 21.3 Å². The second-order valence-corrected chi connectivity index (χ2v) is 11.3. The maximum Gasteiger partial charge on any atom is 0.282 e. The molecule has 4 aromatic rings. The number of carbonyl (C=O) groups is 2. The van der Waals surface area contributed by atoms with Crippen LogP contribution in [0.25, 0.3) is 16.9 Å². The molecule has 11 nitrogen and oxygen atoms in total. The molecule has 2 amide bonds. The molecule has 3 aromatic heterocycles. The number of nitrogens with one attached hydrogen (secondary N) is 4. The molecule has 1 saturated carbocycles. The van der Waals surface area contributed by atoms with Crippen molar-refractivity contribution in [2.45, 2.75) is 76.5 Å². The summed E-state index contributed by atoms with van der Waals surface area (Å²) in [5.41, 5.74) is 1.93. The first-order valence-electron chi connectivity index (χ1n) is 14.9. The number of imidazole rings is 1. The van der Waals surface area contributed by atoms with Crippen molar-refractivity contribution >= 4 is 29.0 Å². The molecular formula is C30H33F4N9O2. The molecule has 0 radical (unpaired) electrons. The van der Waals surface area contributed by atoms with Crippen molar-refractivity contribution in [1.82, 2.24) is 40.1 Å². The van der Waals surface area contributed by atoms with Crippen LogP contribution in [0.15, 0.2) is 43.0 Å². The largest absolute Gasteiger partial charge is 0.352 e. The second kappa shape index (κ2) is 12.8. The number of amides is 2. The van der Waals surface area contributed by atoms with Gasteiger partial charge in [0.05, 0.1) is 17.9 Å². The van der Waals surface area contributed by atoms with Gasteiger partial charge in [-0.3, -0.25) is 18.7 Å². The topological polar surface area (TPSA) is 130 Å². The molecular weight excluding hydrogens is 594 g/mol. The molecule has 0 unspecified atom stereocenters. The Morgan fingerprint density at radius 1 is 1.11 bits per heavy atom. The van der Waals surface area contributed by atoms with Crippen LogP contribution in [-0.2, 0) is 17.8 Å². The Bertz CT molecular complexity index is 1690. The molecule has 6 rings (SSSR count). The number of benzene rings is 1. The molecule has 2 aliphatic rings. The van der Waals surface area contributed by atoms with E-state index in [4.69, 9.17) is 0 Å². The van der Waals surface area contributed by atoms with Gasteiger partial charge in [0, 0.05) is 47.5 Å². The maximum atomic E-state index is 13.7. The molecule has 0 spiro atoms. The van der Waals surface area contributed by atoms with Gasteiger partial charge in [-0.15, -0.1) is 0 Å². The van der Waals surface area contributed by atoms with Crippen LogP contribution in [0, 0.1) is 0 Å². The molecule has 2 fully saturated rings. The first kappa shape index (κ1) is 30.5. The predicted molar refractivity (Wildman–Crippen MR) is 158 cm³/mol. The lowest BCUT2D eigenvalue weighted by atomic mass is 9.86. The maximum absolute atomic E-state index is 13.7. The van der Waals surface area contributed by atoms with E-state index in [1.54, 1.807) is 12.1 Å². The van der Waals surface area contributed by atoms with Crippen LogP contribution >= 0.6 is 0 Å². The normalized spacial score (nSPS) is 19.7.